The molecule has 5 nitrogen and oxygen atoms in total. The zero-order valence-electron chi connectivity index (χ0n) is 14.1. The van der Waals surface area contributed by atoms with Crippen molar-refractivity contribution in [1.82, 2.24) is 10.2 Å². The molecule has 0 amide bonds. The van der Waals surface area contributed by atoms with Gasteiger partial charge in [0.15, 0.2) is 9.84 Å². The summed E-state index contributed by atoms with van der Waals surface area (Å²) in [5.41, 5.74) is 1.37. The van der Waals surface area contributed by atoms with Crippen LogP contribution in [0.1, 0.15) is 24.8 Å². The molecule has 2 fully saturated rings. The van der Waals surface area contributed by atoms with Crippen molar-refractivity contribution in [3.63, 3.8) is 0 Å². The Morgan fingerprint density at radius 2 is 1.83 bits per heavy atom. The predicted octanol–water partition coefficient (Wildman–Crippen LogP) is 1.04. The molecule has 2 saturated heterocycles. The number of aliphatic hydroxyl groups is 1. The normalized spacial score (nSPS) is 28.2. The van der Waals surface area contributed by atoms with E-state index in [1.54, 1.807) is 0 Å². The predicted molar refractivity (Wildman–Crippen MR) is 95.5 cm³/mol. The van der Waals surface area contributed by atoms with Gasteiger partial charge in [-0.05, 0) is 50.4 Å². The Hall–Kier alpha value is -0.950. The summed E-state index contributed by atoms with van der Waals surface area (Å²) < 4.78 is 23.0. The van der Waals surface area contributed by atoms with Crippen LogP contribution in [-0.4, -0.2) is 61.7 Å². The van der Waals surface area contributed by atoms with Gasteiger partial charge < -0.3 is 10.4 Å². The molecule has 0 spiro atoms. The number of likely N-dealkylation sites (tertiary alicyclic amines) is 1. The number of nitrogens with zero attached hydrogens (tertiary/aromatic N) is 1. The minimum atomic E-state index is -3.06. The van der Waals surface area contributed by atoms with E-state index < -0.39 is 15.9 Å². The quantitative estimate of drug-likeness (QED) is 0.800. The van der Waals surface area contributed by atoms with Gasteiger partial charge in [-0.3, -0.25) is 4.90 Å². The number of sulfone groups is 1. The maximum Gasteiger partial charge on any atom is 0.154 e. The average Bonchev–Trinajstić information content (AvgIpc) is 2.82. The summed E-state index contributed by atoms with van der Waals surface area (Å²) in [6.45, 7) is 4.07. The van der Waals surface area contributed by atoms with Gasteiger partial charge in [0.05, 0.1) is 17.6 Å². The third-order valence-corrected chi connectivity index (χ3v) is 6.95. The van der Waals surface area contributed by atoms with E-state index in [1.165, 1.54) is 18.4 Å². The lowest BCUT2D eigenvalue weighted by molar-refractivity contribution is 0.155. The molecule has 2 N–H and O–H groups in total. The highest BCUT2D eigenvalue weighted by molar-refractivity contribution is 7.91. The van der Waals surface area contributed by atoms with Crippen molar-refractivity contribution in [2.75, 3.05) is 31.1 Å². The molecule has 24 heavy (non-hydrogen) atoms. The van der Waals surface area contributed by atoms with Gasteiger partial charge in [0.2, 0.25) is 0 Å². The topological polar surface area (TPSA) is 69.6 Å². The number of hydrogen-bond acceptors (Lipinski definition) is 5. The second kappa shape index (κ2) is 7.95. The molecule has 0 unspecified atom stereocenters. The lowest BCUT2D eigenvalue weighted by Crippen LogP contribution is -2.40. The number of nitrogens with one attached hydrogen (secondary N) is 1. The van der Waals surface area contributed by atoms with Crippen molar-refractivity contribution in [2.24, 2.45) is 5.92 Å². The van der Waals surface area contributed by atoms with Crippen LogP contribution in [0.4, 0.5) is 0 Å². The lowest BCUT2D eigenvalue weighted by atomic mass is 9.93. The van der Waals surface area contributed by atoms with Gasteiger partial charge >= 0.3 is 0 Å². The molecule has 6 heteroatoms. The summed E-state index contributed by atoms with van der Waals surface area (Å²) in [7, 11) is -3.06. The van der Waals surface area contributed by atoms with Crippen molar-refractivity contribution in [2.45, 2.75) is 38.0 Å². The Kier molecular flexibility index (Phi) is 5.92. The molecule has 1 aromatic carbocycles. The molecule has 1 aromatic rings. The van der Waals surface area contributed by atoms with Gasteiger partial charge in [0, 0.05) is 12.6 Å². The van der Waals surface area contributed by atoms with E-state index in [9.17, 15) is 13.5 Å². The summed E-state index contributed by atoms with van der Waals surface area (Å²) in [5.74, 6) is 0.673. The highest BCUT2D eigenvalue weighted by Gasteiger charge is 2.35. The van der Waals surface area contributed by atoms with Crippen molar-refractivity contribution in [3.05, 3.63) is 35.9 Å². The Morgan fingerprint density at radius 1 is 1.12 bits per heavy atom. The number of aliphatic hydroxyl groups excluding tert-OH is 1. The molecule has 2 aliphatic heterocycles. The lowest BCUT2D eigenvalue weighted by Gasteiger charge is -2.32. The fourth-order valence-electron chi connectivity index (χ4n) is 3.77. The van der Waals surface area contributed by atoms with Crippen LogP contribution in [0.15, 0.2) is 30.3 Å². The highest BCUT2D eigenvalue weighted by atomic mass is 32.2. The van der Waals surface area contributed by atoms with E-state index in [1.807, 2.05) is 0 Å². The minimum absolute atomic E-state index is 0.0731. The average molecular weight is 353 g/mol. The van der Waals surface area contributed by atoms with Gasteiger partial charge in [0.1, 0.15) is 0 Å². The Labute approximate surface area is 145 Å². The second-order valence-electron chi connectivity index (χ2n) is 7.20. The van der Waals surface area contributed by atoms with Crippen LogP contribution >= 0.6 is 0 Å². The fraction of sp³-hybridized carbons (Fsp3) is 0.667. The van der Waals surface area contributed by atoms with Gasteiger partial charge in [-0.1, -0.05) is 30.3 Å². The number of benzene rings is 1. The zero-order chi connectivity index (χ0) is 17.0. The number of piperidine rings is 1. The third kappa shape index (κ3) is 5.02. The van der Waals surface area contributed by atoms with Crippen LogP contribution in [0.3, 0.4) is 0 Å². The summed E-state index contributed by atoms with van der Waals surface area (Å²) in [4.78, 5) is 2.51. The van der Waals surface area contributed by atoms with Crippen molar-refractivity contribution in [1.29, 1.82) is 0 Å². The molecule has 2 heterocycles. The second-order valence-corrected chi connectivity index (χ2v) is 9.35. The highest BCUT2D eigenvalue weighted by Crippen LogP contribution is 2.22. The Morgan fingerprint density at radius 3 is 2.46 bits per heavy atom. The zero-order valence-corrected chi connectivity index (χ0v) is 14.9. The molecule has 3 rings (SSSR count). The van der Waals surface area contributed by atoms with E-state index in [4.69, 9.17) is 0 Å². The van der Waals surface area contributed by atoms with Crippen LogP contribution in [-0.2, 0) is 16.4 Å². The molecule has 0 aliphatic carbocycles. The van der Waals surface area contributed by atoms with E-state index in [-0.39, 0.29) is 17.5 Å². The van der Waals surface area contributed by atoms with Gasteiger partial charge in [-0.2, -0.15) is 0 Å². The number of rotatable bonds is 6. The molecule has 2 aliphatic rings. The molecular weight excluding hydrogens is 324 g/mol. The van der Waals surface area contributed by atoms with Crippen molar-refractivity contribution >= 4 is 9.84 Å². The van der Waals surface area contributed by atoms with Crippen LogP contribution in [0.25, 0.3) is 0 Å². The largest absolute Gasteiger partial charge is 0.390 e. The summed E-state index contributed by atoms with van der Waals surface area (Å²) in [5, 5.41) is 13.0. The smallest absolute Gasteiger partial charge is 0.154 e. The van der Waals surface area contributed by atoms with E-state index in [0.717, 1.165) is 32.6 Å². The maximum absolute atomic E-state index is 11.5. The van der Waals surface area contributed by atoms with Crippen LogP contribution in [0.5, 0.6) is 0 Å². The van der Waals surface area contributed by atoms with Gasteiger partial charge in [-0.15, -0.1) is 0 Å². The van der Waals surface area contributed by atoms with Gasteiger partial charge in [-0.25, -0.2) is 8.42 Å². The van der Waals surface area contributed by atoms with E-state index >= 15 is 0 Å². The first kappa shape index (κ1) is 17.9. The SMILES string of the molecule is O=S1(=O)C[C@H](NCCC2CCN(Cc3ccccc3)CC2)[C@@H](O)C1. The van der Waals surface area contributed by atoms with E-state index in [0.29, 0.717) is 5.92 Å². The summed E-state index contributed by atoms with van der Waals surface area (Å²) >= 11 is 0. The molecule has 134 valence electrons. The van der Waals surface area contributed by atoms with Crippen LogP contribution in [0, 0.1) is 5.92 Å². The summed E-state index contributed by atoms with van der Waals surface area (Å²) in [6.07, 6.45) is 2.70. The van der Waals surface area contributed by atoms with Crippen LogP contribution < -0.4 is 5.32 Å². The standard InChI is InChI=1S/C18H28N2O3S/c21-18-14-24(22,23)13-17(18)19-9-6-15-7-10-20(11-8-15)12-16-4-2-1-3-5-16/h1-5,15,17-19,21H,6-14H2/t17-,18-/m0/s1. The molecule has 2 atom stereocenters. The first-order valence-corrected chi connectivity index (χ1v) is 10.7. The molecule has 0 aromatic heterocycles. The molecular formula is C18H28N2O3S. The summed E-state index contributed by atoms with van der Waals surface area (Å²) in [6, 6.07) is 10.3. The monoisotopic (exact) mass is 352 g/mol. The van der Waals surface area contributed by atoms with Crippen LogP contribution in [0.2, 0.25) is 0 Å². The first-order valence-electron chi connectivity index (χ1n) is 8.90. The first-order chi connectivity index (χ1) is 11.5. The molecule has 0 bridgehead atoms. The Bertz CT molecular complexity index is 612. The molecule has 0 saturated carbocycles. The fourth-order valence-corrected chi connectivity index (χ4v) is 5.55. The third-order valence-electron chi connectivity index (χ3n) is 5.24. The number of hydrogen-bond donors (Lipinski definition) is 2. The minimum Gasteiger partial charge on any atom is -0.390 e. The molecule has 0 radical (unpaired) electrons. The van der Waals surface area contributed by atoms with Gasteiger partial charge in [0.25, 0.3) is 0 Å². The Balaban J connectivity index is 1.34. The van der Waals surface area contributed by atoms with Crippen molar-refractivity contribution in [3.8, 4) is 0 Å². The van der Waals surface area contributed by atoms with Crippen molar-refractivity contribution < 1.29 is 13.5 Å². The maximum atomic E-state index is 11.5. The van der Waals surface area contributed by atoms with E-state index in [2.05, 4.69) is 40.5 Å².